The van der Waals surface area contributed by atoms with Crippen molar-refractivity contribution in [2.45, 2.75) is 13.8 Å². The lowest BCUT2D eigenvalue weighted by Crippen LogP contribution is -2.34. The fourth-order valence-corrected chi connectivity index (χ4v) is 4.40. The Balaban J connectivity index is 1.73. The minimum atomic E-state index is -0.410. The number of hydrogen-bond acceptors (Lipinski definition) is 6. The Morgan fingerprint density at radius 2 is 1.50 bits per heavy atom. The highest BCUT2D eigenvalue weighted by atomic mass is 16.5. The molecule has 4 aromatic rings. The number of nitrogens with zero attached hydrogens (tertiary/aromatic N) is 4. The van der Waals surface area contributed by atoms with E-state index in [4.69, 9.17) is 14.5 Å². The molecule has 0 saturated carbocycles. The van der Waals surface area contributed by atoms with Crippen LogP contribution in [0.5, 0.6) is 11.5 Å². The van der Waals surface area contributed by atoms with Crippen LogP contribution >= 0.6 is 0 Å². The molecule has 38 heavy (non-hydrogen) atoms. The smallest absolute Gasteiger partial charge is 0.282 e. The van der Waals surface area contributed by atoms with Gasteiger partial charge >= 0.3 is 0 Å². The maximum Gasteiger partial charge on any atom is 0.282 e. The van der Waals surface area contributed by atoms with Crippen LogP contribution in [-0.4, -0.2) is 41.7 Å². The summed E-state index contributed by atoms with van der Waals surface area (Å²) in [6.45, 7) is 3.62. The van der Waals surface area contributed by atoms with Gasteiger partial charge in [-0.3, -0.25) is 14.5 Å². The number of carbonyl (C=O) groups excluding carboxylic acids is 2. The summed E-state index contributed by atoms with van der Waals surface area (Å²) in [7, 11) is 3.00. The Kier molecular flexibility index (Phi) is 6.62. The number of hydrogen-bond donors (Lipinski definition) is 0. The Labute approximate surface area is 220 Å². The molecule has 2 heterocycles. The number of anilines is 1. The van der Waals surface area contributed by atoms with E-state index in [0.717, 1.165) is 11.1 Å². The summed E-state index contributed by atoms with van der Waals surface area (Å²) in [4.78, 5) is 34.0. The molecule has 3 aromatic carbocycles. The normalized spacial score (nSPS) is 14.1. The van der Waals surface area contributed by atoms with Crippen molar-refractivity contribution >= 4 is 29.4 Å². The van der Waals surface area contributed by atoms with E-state index in [9.17, 15) is 9.59 Å². The first kappa shape index (κ1) is 24.7. The molecular weight excluding hydrogens is 480 g/mol. The van der Waals surface area contributed by atoms with E-state index in [0.29, 0.717) is 34.4 Å². The third-order valence-corrected chi connectivity index (χ3v) is 6.17. The molecule has 190 valence electrons. The standard InChI is InChI=1S/C30H26N4O4/c1-19-15-20(2)34(32-19)29(35)23-17-26(37-3)27(38-4)18-25(23)33-28(22-13-9-6-10-14-22)31-24(30(33)36)16-21-11-7-5-8-12-21/h5-18H,1-4H3/b24-16-. The second-order valence-electron chi connectivity index (χ2n) is 8.75. The van der Waals surface area contributed by atoms with E-state index in [-0.39, 0.29) is 17.2 Å². The predicted molar refractivity (Wildman–Crippen MR) is 146 cm³/mol. The second-order valence-corrected chi connectivity index (χ2v) is 8.75. The lowest BCUT2D eigenvalue weighted by Gasteiger charge is -2.23. The van der Waals surface area contributed by atoms with Crippen LogP contribution in [0.2, 0.25) is 0 Å². The molecule has 1 aliphatic rings. The first-order valence-corrected chi connectivity index (χ1v) is 12.0. The second kappa shape index (κ2) is 10.2. The van der Waals surface area contributed by atoms with Gasteiger partial charge in [0.15, 0.2) is 11.5 Å². The van der Waals surface area contributed by atoms with Crippen LogP contribution in [0, 0.1) is 13.8 Å². The fourth-order valence-electron chi connectivity index (χ4n) is 4.40. The lowest BCUT2D eigenvalue weighted by atomic mass is 10.1. The third-order valence-electron chi connectivity index (χ3n) is 6.17. The highest BCUT2D eigenvalue weighted by Crippen LogP contribution is 2.39. The zero-order valence-electron chi connectivity index (χ0n) is 21.5. The number of rotatable bonds is 6. The number of amidine groups is 1. The number of aryl methyl sites for hydroxylation is 2. The molecule has 0 spiro atoms. The molecule has 0 aliphatic carbocycles. The van der Waals surface area contributed by atoms with Crippen LogP contribution in [0.3, 0.4) is 0 Å². The van der Waals surface area contributed by atoms with Gasteiger partial charge in [-0.2, -0.15) is 5.10 Å². The van der Waals surface area contributed by atoms with Gasteiger partial charge in [0, 0.05) is 17.3 Å². The maximum atomic E-state index is 14.0. The number of benzene rings is 3. The molecule has 0 fully saturated rings. The molecular formula is C30H26N4O4. The van der Waals surface area contributed by atoms with Crippen molar-refractivity contribution in [3.05, 3.63) is 113 Å². The monoisotopic (exact) mass is 506 g/mol. The summed E-state index contributed by atoms with van der Waals surface area (Å²) >= 11 is 0. The Hall–Kier alpha value is -4.98. The minimum absolute atomic E-state index is 0.215. The molecule has 0 saturated heterocycles. The number of carbonyl (C=O) groups is 2. The van der Waals surface area contributed by atoms with Gasteiger partial charge in [0.25, 0.3) is 11.8 Å². The van der Waals surface area contributed by atoms with E-state index in [2.05, 4.69) is 5.10 Å². The van der Waals surface area contributed by atoms with Crippen LogP contribution in [-0.2, 0) is 4.79 Å². The average Bonchev–Trinajstić information content (AvgIpc) is 3.45. The van der Waals surface area contributed by atoms with E-state index in [1.807, 2.05) is 73.7 Å². The summed E-state index contributed by atoms with van der Waals surface area (Å²) in [5.41, 5.74) is 3.69. The van der Waals surface area contributed by atoms with Gasteiger partial charge in [-0.15, -0.1) is 0 Å². The van der Waals surface area contributed by atoms with Crippen molar-refractivity contribution in [3.63, 3.8) is 0 Å². The largest absolute Gasteiger partial charge is 0.493 e. The van der Waals surface area contributed by atoms with Crippen molar-refractivity contribution in [1.29, 1.82) is 0 Å². The number of aromatic nitrogens is 2. The summed E-state index contributed by atoms with van der Waals surface area (Å²) in [5, 5.41) is 4.37. The van der Waals surface area contributed by atoms with Crippen molar-refractivity contribution in [1.82, 2.24) is 9.78 Å². The molecule has 0 unspecified atom stereocenters. The zero-order valence-corrected chi connectivity index (χ0v) is 21.5. The van der Waals surface area contributed by atoms with E-state index in [1.54, 1.807) is 25.1 Å². The quantitative estimate of drug-likeness (QED) is 0.342. The van der Waals surface area contributed by atoms with Gasteiger partial charge in [-0.25, -0.2) is 9.67 Å². The number of methoxy groups -OCH3 is 2. The van der Waals surface area contributed by atoms with Gasteiger partial charge in [-0.05, 0) is 37.6 Å². The minimum Gasteiger partial charge on any atom is -0.493 e. The molecule has 0 bridgehead atoms. The maximum absolute atomic E-state index is 14.0. The predicted octanol–water partition coefficient (Wildman–Crippen LogP) is 5.04. The molecule has 5 rings (SSSR count). The van der Waals surface area contributed by atoms with Crippen molar-refractivity contribution in [2.24, 2.45) is 4.99 Å². The van der Waals surface area contributed by atoms with Crippen LogP contribution < -0.4 is 14.4 Å². The highest BCUT2D eigenvalue weighted by Gasteiger charge is 2.36. The van der Waals surface area contributed by atoms with Crippen LogP contribution in [0.4, 0.5) is 5.69 Å². The Morgan fingerprint density at radius 3 is 2.11 bits per heavy atom. The fraction of sp³-hybridized carbons (Fsp3) is 0.133. The molecule has 0 atom stereocenters. The SMILES string of the molecule is COc1cc(C(=O)n2nc(C)cc2C)c(N2C(=O)/C(=C/c3ccccc3)N=C2c2ccccc2)cc1OC. The zero-order chi connectivity index (χ0) is 26.8. The molecule has 1 amide bonds. The first-order chi connectivity index (χ1) is 18.4. The molecule has 8 heteroatoms. The Morgan fingerprint density at radius 1 is 0.868 bits per heavy atom. The molecule has 0 radical (unpaired) electrons. The van der Waals surface area contributed by atoms with Crippen molar-refractivity contribution in [2.75, 3.05) is 19.1 Å². The first-order valence-electron chi connectivity index (χ1n) is 12.0. The number of amides is 1. The van der Waals surface area contributed by atoms with Crippen LogP contribution in [0.15, 0.2) is 89.6 Å². The highest BCUT2D eigenvalue weighted by molar-refractivity contribution is 6.34. The van der Waals surface area contributed by atoms with Gasteiger partial charge in [0.1, 0.15) is 11.5 Å². The molecule has 8 nitrogen and oxygen atoms in total. The van der Waals surface area contributed by atoms with Crippen molar-refractivity contribution < 1.29 is 19.1 Å². The molecule has 1 aliphatic heterocycles. The number of ether oxygens (including phenoxy) is 2. The van der Waals surface area contributed by atoms with Gasteiger partial charge < -0.3 is 9.47 Å². The topological polar surface area (TPSA) is 86.0 Å². The summed E-state index contributed by atoms with van der Waals surface area (Å²) < 4.78 is 12.4. The van der Waals surface area contributed by atoms with E-state index in [1.165, 1.54) is 23.8 Å². The number of aliphatic imine (C=N–C) groups is 1. The third kappa shape index (κ3) is 4.48. The van der Waals surface area contributed by atoms with Crippen LogP contribution in [0.1, 0.15) is 32.9 Å². The Bertz CT molecular complexity index is 1590. The van der Waals surface area contributed by atoms with Gasteiger partial charge in [0.2, 0.25) is 0 Å². The summed E-state index contributed by atoms with van der Waals surface area (Å²) in [6.07, 6.45) is 1.73. The van der Waals surface area contributed by atoms with Gasteiger partial charge in [-0.1, -0.05) is 60.7 Å². The van der Waals surface area contributed by atoms with E-state index < -0.39 is 5.91 Å². The average molecular weight is 507 g/mol. The van der Waals surface area contributed by atoms with Gasteiger partial charge in [0.05, 0.1) is 31.2 Å². The summed E-state index contributed by atoms with van der Waals surface area (Å²) in [6, 6.07) is 23.9. The molecule has 0 N–H and O–H groups in total. The lowest BCUT2D eigenvalue weighted by molar-refractivity contribution is -0.113. The molecule has 1 aromatic heterocycles. The van der Waals surface area contributed by atoms with Crippen molar-refractivity contribution in [3.8, 4) is 11.5 Å². The van der Waals surface area contributed by atoms with Crippen LogP contribution in [0.25, 0.3) is 6.08 Å². The summed E-state index contributed by atoms with van der Waals surface area (Å²) in [5.74, 6) is 0.334. The van der Waals surface area contributed by atoms with E-state index >= 15 is 0 Å².